The summed E-state index contributed by atoms with van der Waals surface area (Å²) in [5.41, 5.74) is 7.76. The minimum atomic E-state index is -0.876. The molecule has 4 aromatic rings. The Balaban J connectivity index is 0.986. The summed E-state index contributed by atoms with van der Waals surface area (Å²) < 4.78 is 6.70. The van der Waals surface area contributed by atoms with Crippen LogP contribution in [0.25, 0.3) is 11.1 Å². The van der Waals surface area contributed by atoms with Crippen molar-refractivity contribution in [1.29, 1.82) is 0 Å². The fraction of sp³-hybridized carbons (Fsp3) is 0.282. The van der Waals surface area contributed by atoms with Gasteiger partial charge in [0, 0.05) is 29.0 Å². The Hall–Kier alpha value is -4.96. The number of halogens is 1. The number of benzene rings is 4. The van der Waals surface area contributed by atoms with Gasteiger partial charge in [0.05, 0.1) is 5.69 Å². The maximum Gasteiger partial charge on any atom is 0.407 e. The fourth-order valence-electron chi connectivity index (χ4n) is 8.00. The molecule has 1 saturated heterocycles. The summed E-state index contributed by atoms with van der Waals surface area (Å²) in [6.45, 7) is 0.565. The fourth-order valence-corrected chi connectivity index (χ4v) is 8.26. The molecule has 9 nitrogen and oxygen atoms in total. The average Bonchev–Trinajstić information content (AvgIpc) is 3.82. The number of fused-ring (bicyclic) bond motifs is 3. The summed E-state index contributed by atoms with van der Waals surface area (Å²) in [5.74, 6) is -0.956. The van der Waals surface area contributed by atoms with Gasteiger partial charge in [0.15, 0.2) is 0 Å². The van der Waals surface area contributed by atoms with E-state index in [1.54, 1.807) is 21.9 Å². The summed E-state index contributed by atoms with van der Waals surface area (Å²) in [7, 11) is 0. The highest BCUT2D eigenvalue weighted by Gasteiger charge is 2.47. The van der Waals surface area contributed by atoms with Gasteiger partial charge in [-0.25, -0.2) is 4.79 Å². The van der Waals surface area contributed by atoms with Crippen molar-refractivity contribution in [2.75, 3.05) is 23.4 Å². The number of nitrogens with zero attached hydrogens (tertiary/aromatic N) is 2. The summed E-state index contributed by atoms with van der Waals surface area (Å²) in [6.07, 6.45) is 1.84. The van der Waals surface area contributed by atoms with Crippen LogP contribution in [-0.2, 0) is 32.0 Å². The van der Waals surface area contributed by atoms with Crippen molar-refractivity contribution in [3.8, 4) is 11.1 Å². The van der Waals surface area contributed by atoms with Gasteiger partial charge in [0.2, 0.25) is 17.7 Å². The second-order valence-corrected chi connectivity index (χ2v) is 14.0. The second-order valence-electron chi connectivity index (χ2n) is 13.1. The van der Waals surface area contributed by atoms with E-state index in [1.807, 2.05) is 54.6 Å². The quantitative estimate of drug-likeness (QED) is 0.247. The molecule has 10 heteroatoms. The van der Waals surface area contributed by atoms with Crippen molar-refractivity contribution in [3.63, 3.8) is 0 Å². The largest absolute Gasteiger partial charge is 0.449 e. The number of alkyl carbamates (subject to hydrolysis) is 1. The van der Waals surface area contributed by atoms with Gasteiger partial charge in [-0.2, -0.15) is 0 Å². The highest BCUT2D eigenvalue weighted by molar-refractivity contribution is 9.10. The number of carbonyl (C=O) groups is 4. The summed E-state index contributed by atoms with van der Waals surface area (Å²) >= 11 is 3.41. The number of hydrogen-bond acceptors (Lipinski definition) is 5. The molecule has 0 spiro atoms. The van der Waals surface area contributed by atoms with Gasteiger partial charge in [-0.3, -0.25) is 19.3 Å². The summed E-state index contributed by atoms with van der Waals surface area (Å²) in [5, 5.41) is 5.79. The number of rotatable bonds is 6. The first kappa shape index (κ1) is 31.3. The minimum absolute atomic E-state index is 0.107. The highest BCUT2D eigenvalue weighted by atomic mass is 79.9. The Labute approximate surface area is 292 Å². The molecule has 4 aromatic carbocycles. The first-order valence-corrected chi connectivity index (χ1v) is 17.6. The van der Waals surface area contributed by atoms with E-state index in [4.69, 9.17) is 4.74 Å². The number of hydrogen-bond donors (Lipinski definition) is 2. The number of ether oxygens (including phenoxy) is 1. The van der Waals surface area contributed by atoms with Crippen molar-refractivity contribution < 1.29 is 23.9 Å². The van der Waals surface area contributed by atoms with Gasteiger partial charge < -0.3 is 20.3 Å². The van der Waals surface area contributed by atoms with Crippen LogP contribution in [-0.4, -0.2) is 60.0 Å². The first-order chi connectivity index (χ1) is 23.9. The molecule has 0 unspecified atom stereocenters. The van der Waals surface area contributed by atoms with Gasteiger partial charge >= 0.3 is 6.09 Å². The number of aryl methyl sites for hydroxylation is 1. The van der Waals surface area contributed by atoms with Gasteiger partial charge in [-0.05, 0) is 83.3 Å². The smallest absolute Gasteiger partial charge is 0.407 e. The Bertz CT molecular complexity index is 1930. The lowest BCUT2D eigenvalue weighted by molar-refractivity contribution is -0.138. The Morgan fingerprint density at radius 3 is 2.24 bits per heavy atom. The molecule has 49 heavy (non-hydrogen) atoms. The lowest BCUT2D eigenvalue weighted by Gasteiger charge is -2.32. The molecular formula is C39H35BrN4O5. The predicted octanol–water partition coefficient (Wildman–Crippen LogP) is 6.19. The van der Waals surface area contributed by atoms with Crippen molar-refractivity contribution in [2.45, 2.75) is 56.1 Å². The maximum absolute atomic E-state index is 14.3. The number of nitrogens with one attached hydrogen (secondary N) is 2. The van der Waals surface area contributed by atoms with Crippen LogP contribution in [0.15, 0.2) is 95.5 Å². The van der Waals surface area contributed by atoms with Crippen molar-refractivity contribution in [2.24, 2.45) is 0 Å². The van der Waals surface area contributed by atoms with Crippen LogP contribution in [0.1, 0.15) is 47.4 Å². The molecule has 0 aromatic heterocycles. The lowest BCUT2D eigenvalue weighted by atomic mass is 9.98. The monoisotopic (exact) mass is 718 g/mol. The van der Waals surface area contributed by atoms with Gasteiger partial charge in [-0.15, -0.1) is 0 Å². The average molecular weight is 720 g/mol. The van der Waals surface area contributed by atoms with Gasteiger partial charge in [0.25, 0.3) is 0 Å². The molecule has 1 fully saturated rings. The zero-order valence-corrected chi connectivity index (χ0v) is 28.3. The van der Waals surface area contributed by atoms with E-state index in [0.717, 1.165) is 43.5 Å². The predicted molar refractivity (Wildman–Crippen MR) is 189 cm³/mol. The molecule has 1 aliphatic carbocycles. The van der Waals surface area contributed by atoms with E-state index in [-0.39, 0.29) is 30.2 Å². The zero-order valence-electron chi connectivity index (χ0n) is 26.7. The van der Waals surface area contributed by atoms with Crippen LogP contribution in [0.2, 0.25) is 0 Å². The Morgan fingerprint density at radius 1 is 0.816 bits per heavy atom. The molecule has 0 bridgehead atoms. The maximum atomic E-state index is 14.3. The molecule has 4 amide bonds. The van der Waals surface area contributed by atoms with Crippen LogP contribution in [0, 0.1) is 0 Å². The highest BCUT2D eigenvalue weighted by Crippen LogP contribution is 2.45. The second kappa shape index (κ2) is 12.8. The van der Waals surface area contributed by atoms with Crippen LogP contribution in [0.3, 0.4) is 0 Å². The first-order valence-electron chi connectivity index (χ1n) is 16.8. The van der Waals surface area contributed by atoms with E-state index >= 15 is 0 Å². The molecule has 8 rings (SSSR count). The molecular weight excluding hydrogens is 684 g/mol. The van der Waals surface area contributed by atoms with E-state index in [0.29, 0.717) is 44.3 Å². The molecule has 2 N–H and O–H groups in total. The number of likely N-dealkylation sites (tertiary alicyclic amines) is 1. The van der Waals surface area contributed by atoms with Crippen molar-refractivity contribution >= 4 is 51.1 Å². The third-order valence-electron chi connectivity index (χ3n) is 10.3. The Morgan fingerprint density at radius 2 is 1.51 bits per heavy atom. The van der Waals surface area contributed by atoms with Crippen LogP contribution >= 0.6 is 15.9 Å². The molecule has 4 aliphatic rings. The molecule has 3 heterocycles. The van der Waals surface area contributed by atoms with Crippen molar-refractivity contribution in [3.05, 3.63) is 118 Å². The molecule has 3 aliphatic heterocycles. The van der Waals surface area contributed by atoms with Crippen LogP contribution < -0.4 is 15.5 Å². The SMILES string of the molecule is O=C(N[C@H]1CCc2cccc3c2N(C1=O)[C@H](C(=O)N1CCC[C@H]1C(=O)Nc1ccc(Br)cc1)C3)OCC1c2ccccc2-c2ccccc21. The van der Waals surface area contributed by atoms with Gasteiger partial charge in [-0.1, -0.05) is 82.7 Å². The number of carbonyl (C=O) groups excluding carboxylic acids is 4. The lowest BCUT2D eigenvalue weighted by Crippen LogP contribution is -2.56. The molecule has 0 saturated carbocycles. The molecule has 248 valence electrons. The summed E-state index contributed by atoms with van der Waals surface area (Å²) in [6, 6.07) is 27.1. The third-order valence-corrected chi connectivity index (χ3v) is 10.8. The van der Waals surface area contributed by atoms with Crippen LogP contribution in [0.5, 0.6) is 0 Å². The normalized spacial score (nSPS) is 20.7. The van der Waals surface area contributed by atoms with Crippen LogP contribution in [0.4, 0.5) is 16.2 Å². The minimum Gasteiger partial charge on any atom is -0.449 e. The van der Waals surface area contributed by atoms with E-state index in [1.165, 1.54) is 0 Å². The van der Waals surface area contributed by atoms with E-state index < -0.39 is 24.2 Å². The Kier molecular flexibility index (Phi) is 8.19. The number of anilines is 2. The number of para-hydroxylation sites is 1. The van der Waals surface area contributed by atoms with E-state index in [9.17, 15) is 19.2 Å². The zero-order chi connectivity index (χ0) is 33.6. The van der Waals surface area contributed by atoms with Crippen molar-refractivity contribution in [1.82, 2.24) is 10.2 Å². The molecule has 3 atom stereocenters. The van der Waals surface area contributed by atoms with E-state index in [2.05, 4.69) is 50.8 Å². The third kappa shape index (κ3) is 5.67. The topological polar surface area (TPSA) is 108 Å². The standard InChI is InChI=1S/C39H35BrN4O5/c40-25-15-17-26(18-16-25)41-36(45)33-13-6-20-43(33)38(47)34-21-24-8-5-7-23-14-19-32(37(46)44(34)35(23)24)42-39(48)49-22-31-29-11-3-1-9-27(29)28-10-2-4-12-30(28)31/h1-5,7-12,15-18,31-34H,6,13-14,19-22H2,(H,41,45)(H,42,48)/t32-,33-,34-/m0/s1. The molecule has 0 radical (unpaired) electrons. The number of amides is 4. The summed E-state index contributed by atoms with van der Waals surface area (Å²) in [4.78, 5) is 58.5. The van der Waals surface area contributed by atoms with Gasteiger partial charge in [0.1, 0.15) is 24.7 Å².